The van der Waals surface area contributed by atoms with Crippen LogP contribution >= 0.6 is 0 Å². The Morgan fingerprint density at radius 2 is 1.45 bits per heavy atom. The maximum atomic E-state index is 13.4. The van der Waals surface area contributed by atoms with Gasteiger partial charge in [-0.2, -0.15) is 0 Å². The minimum Gasteiger partial charge on any atom is -0.496 e. The highest BCUT2D eigenvalue weighted by atomic mass is 16.5. The van der Waals surface area contributed by atoms with E-state index in [1.807, 2.05) is 66.7 Å². The van der Waals surface area contributed by atoms with Crippen LogP contribution in [0, 0.1) is 0 Å². The second-order valence-corrected chi connectivity index (χ2v) is 6.75. The number of rotatable bonds is 6. The Bertz CT molecular complexity index is 1170. The number of carbonyl (C=O) groups is 1. The highest BCUT2D eigenvalue weighted by Crippen LogP contribution is 2.33. The number of hydrogen-bond donors (Lipinski definition) is 0. The fraction of sp³-hybridized carbons (Fsp3) is 0.120. The lowest BCUT2D eigenvalue weighted by Crippen LogP contribution is -2.32. The zero-order valence-corrected chi connectivity index (χ0v) is 17.5. The van der Waals surface area contributed by atoms with Crippen LogP contribution in [0.3, 0.4) is 0 Å². The van der Waals surface area contributed by atoms with Crippen molar-refractivity contribution in [3.8, 4) is 17.2 Å². The first kappa shape index (κ1) is 20.2. The summed E-state index contributed by atoms with van der Waals surface area (Å²) >= 11 is 0. The quantitative estimate of drug-likeness (QED) is 0.556. The topological polar surface area (TPSA) is 60.4 Å². The summed E-state index contributed by atoms with van der Waals surface area (Å²) in [6, 6.07) is 22.4. The van der Waals surface area contributed by atoms with Crippen molar-refractivity contribution in [3.05, 3.63) is 89.6 Å². The minimum atomic E-state index is -0.220. The summed E-state index contributed by atoms with van der Waals surface area (Å²) in [5.41, 5.74) is 2.56. The lowest BCUT2D eigenvalue weighted by atomic mass is 10.1. The lowest BCUT2D eigenvalue weighted by Gasteiger charge is -2.19. The van der Waals surface area contributed by atoms with Crippen LogP contribution < -0.4 is 19.1 Å². The van der Waals surface area contributed by atoms with Gasteiger partial charge in [0.1, 0.15) is 17.3 Å². The van der Waals surface area contributed by atoms with Gasteiger partial charge in [0.2, 0.25) is 0 Å². The molecule has 0 aromatic heterocycles. The van der Waals surface area contributed by atoms with E-state index in [0.717, 1.165) is 16.8 Å². The van der Waals surface area contributed by atoms with E-state index >= 15 is 0 Å². The molecule has 0 N–H and O–H groups in total. The Labute approximate surface area is 181 Å². The first-order valence-corrected chi connectivity index (χ1v) is 9.71. The van der Waals surface area contributed by atoms with Crippen molar-refractivity contribution in [2.75, 3.05) is 26.2 Å². The molecule has 0 fully saturated rings. The van der Waals surface area contributed by atoms with E-state index in [1.54, 1.807) is 38.4 Å². The highest BCUT2D eigenvalue weighted by molar-refractivity contribution is 6.33. The fourth-order valence-electron chi connectivity index (χ4n) is 3.44. The molecule has 1 heterocycles. The molecule has 31 heavy (non-hydrogen) atoms. The van der Waals surface area contributed by atoms with Crippen molar-refractivity contribution in [1.82, 2.24) is 0 Å². The van der Waals surface area contributed by atoms with E-state index in [4.69, 9.17) is 19.2 Å². The maximum absolute atomic E-state index is 13.4. The number of anilines is 1. The fourth-order valence-corrected chi connectivity index (χ4v) is 3.44. The molecule has 3 aromatic carbocycles. The Morgan fingerprint density at radius 1 is 0.774 bits per heavy atom. The molecule has 1 aliphatic heterocycles. The predicted molar refractivity (Wildman–Crippen MR) is 121 cm³/mol. The van der Waals surface area contributed by atoms with Crippen molar-refractivity contribution in [2.24, 2.45) is 4.99 Å². The number of amides is 1. The predicted octanol–water partition coefficient (Wildman–Crippen LogP) is 4.55. The summed E-state index contributed by atoms with van der Waals surface area (Å²) in [6.07, 6.45) is 1.74. The van der Waals surface area contributed by atoms with Gasteiger partial charge in [-0.3, -0.25) is 9.69 Å². The van der Waals surface area contributed by atoms with Gasteiger partial charge in [0.05, 0.1) is 27.0 Å². The van der Waals surface area contributed by atoms with E-state index in [9.17, 15) is 4.79 Å². The third kappa shape index (κ3) is 3.88. The van der Waals surface area contributed by atoms with E-state index in [-0.39, 0.29) is 5.91 Å². The molecule has 0 saturated heterocycles. The van der Waals surface area contributed by atoms with Crippen LogP contribution in [0.15, 0.2) is 83.5 Å². The van der Waals surface area contributed by atoms with E-state index in [1.165, 1.54) is 0 Å². The molecule has 6 nitrogen and oxygen atoms in total. The summed E-state index contributed by atoms with van der Waals surface area (Å²) in [5.74, 6) is 2.13. The number of aliphatic imine (C=N–C) groups is 1. The van der Waals surface area contributed by atoms with Gasteiger partial charge in [-0.1, -0.05) is 36.4 Å². The van der Waals surface area contributed by atoms with Crippen LogP contribution in [0.5, 0.6) is 17.2 Å². The molecule has 4 rings (SSSR count). The third-order valence-corrected chi connectivity index (χ3v) is 4.95. The Hall–Kier alpha value is -4.06. The average molecular weight is 414 g/mol. The molecule has 0 saturated carbocycles. The lowest BCUT2D eigenvalue weighted by molar-refractivity contribution is -0.113. The first-order chi connectivity index (χ1) is 15.2. The van der Waals surface area contributed by atoms with E-state index in [2.05, 4.69) is 0 Å². The van der Waals surface area contributed by atoms with Crippen LogP contribution in [0.1, 0.15) is 11.1 Å². The molecule has 1 amide bonds. The standard InChI is InChI=1S/C25H22N2O4/c1-29-21-12-8-7-9-17(21)15-20-25(28)27(19-10-5-4-6-11-19)24(26-20)18-13-14-22(30-2)23(16-18)31-3/h4-16H,1-3H3/b20-15+. The number of ether oxygens (including phenoxy) is 3. The van der Waals surface area contributed by atoms with Crippen molar-refractivity contribution >= 4 is 23.5 Å². The monoisotopic (exact) mass is 414 g/mol. The third-order valence-electron chi connectivity index (χ3n) is 4.95. The molecular formula is C25H22N2O4. The van der Waals surface area contributed by atoms with Crippen LogP contribution in [0.4, 0.5) is 5.69 Å². The summed E-state index contributed by atoms with van der Waals surface area (Å²) < 4.78 is 16.2. The van der Waals surface area contributed by atoms with Crippen molar-refractivity contribution in [3.63, 3.8) is 0 Å². The Balaban J connectivity index is 1.86. The molecule has 0 unspecified atom stereocenters. The van der Waals surface area contributed by atoms with Crippen LogP contribution in [0.2, 0.25) is 0 Å². The van der Waals surface area contributed by atoms with E-state index in [0.29, 0.717) is 28.8 Å². The van der Waals surface area contributed by atoms with E-state index < -0.39 is 0 Å². The molecule has 3 aromatic rings. The number of benzene rings is 3. The zero-order chi connectivity index (χ0) is 21.8. The molecule has 0 radical (unpaired) electrons. The highest BCUT2D eigenvalue weighted by Gasteiger charge is 2.33. The number of para-hydroxylation sites is 2. The maximum Gasteiger partial charge on any atom is 0.282 e. The molecular weight excluding hydrogens is 392 g/mol. The molecule has 0 aliphatic carbocycles. The molecule has 1 aliphatic rings. The first-order valence-electron chi connectivity index (χ1n) is 9.71. The van der Waals surface area contributed by atoms with Gasteiger partial charge in [0.15, 0.2) is 11.5 Å². The summed E-state index contributed by atoms with van der Waals surface area (Å²) in [5, 5.41) is 0. The molecule has 156 valence electrons. The van der Waals surface area contributed by atoms with Crippen molar-refractivity contribution < 1.29 is 19.0 Å². The van der Waals surface area contributed by atoms with Gasteiger partial charge in [-0.25, -0.2) is 4.99 Å². The second-order valence-electron chi connectivity index (χ2n) is 6.75. The van der Waals surface area contributed by atoms with Gasteiger partial charge < -0.3 is 14.2 Å². The zero-order valence-electron chi connectivity index (χ0n) is 17.5. The van der Waals surface area contributed by atoms with Gasteiger partial charge in [-0.15, -0.1) is 0 Å². The van der Waals surface area contributed by atoms with Gasteiger partial charge in [-0.05, 0) is 42.5 Å². The summed E-state index contributed by atoms with van der Waals surface area (Å²) in [7, 11) is 4.76. The SMILES string of the molecule is COc1ccccc1/C=C1/N=C(c2ccc(OC)c(OC)c2)N(c2ccccc2)C1=O. The smallest absolute Gasteiger partial charge is 0.282 e. The summed E-state index contributed by atoms with van der Waals surface area (Å²) in [6.45, 7) is 0. The normalized spacial score (nSPS) is 14.5. The Kier molecular flexibility index (Phi) is 5.71. The molecule has 0 bridgehead atoms. The van der Waals surface area contributed by atoms with Crippen molar-refractivity contribution in [1.29, 1.82) is 0 Å². The van der Waals surface area contributed by atoms with Crippen molar-refractivity contribution in [2.45, 2.75) is 0 Å². The number of carbonyl (C=O) groups excluding carboxylic acids is 1. The number of hydrogen-bond acceptors (Lipinski definition) is 5. The molecule has 6 heteroatoms. The summed E-state index contributed by atoms with van der Waals surface area (Å²) in [4.78, 5) is 19.7. The molecule has 0 atom stereocenters. The van der Waals surface area contributed by atoms with Crippen LogP contribution in [-0.2, 0) is 4.79 Å². The van der Waals surface area contributed by atoms with Gasteiger partial charge >= 0.3 is 0 Å². The number of amidine groups is 1. The second kappa shape index (κ2) is 8.75. The largest absolute Gasteiger partial charge is 0.496 e. The minimum absolute atomic E-state index is 0.220. The number of nitrogens with zero attached hydrogens (tertiary/aromatic N) is 2. The number of methoxy groups -OCH3 is 3. The van der Waals surface area contributed by atoms with Gasteiger partial charge in [0, 0.05) is 11.1 Å². The Morgan fingerprint density at radius 3 is 2.16 bits per heavy atom. The average Bonchev–Trinajstić information content (AvgIpc) is 3.15. The van der Waals surface area contributed by atoms with Crippen LogP contribution in [0.25, 0.3) is 6.08 Å². The van der Waals surface area contributed by atoms with Crippen LogP contribution in [-0.4, -0.2) is 33.1 Å². The van der Waals surface area contributed by atoms with Gasteiger partial charge in [0.25, 0.3) is 5.91 Å². The molecule has 0 spiro atoms.